The lowest BCUT2D eigenvalue weighted by Gasteiger charge is -2.21. The molecule has 0 radical (unpaired) electrons. The molecule has 0 fully saturated rings. The Labute approximate surface area is 169 Å². The van der Waals surface area contributed by atoms with Gasteiger partial charge in [-0.05, 0) is 48.7 Å². The second-order valence-corrected chi connectivity index (χ2v) is 7.01. The molecular formula is C21H25ClFN3O2. The molecule has 2 rings (SSSR count). The molecule has 150 valence electrons. The fraction of sp³-hybridized carbons (Fsp3) is 0.333. The molecule has 0 saturated carbocycles. The molecule has 0 saturated heterocycles. The van der Waals surface area contributed by atoms with Crippen LogP contribution < -0.4 is 16.0 Å². The zero-order valence-electron chi connectivity index (χ0n) is 16.0. The van der Waals surface area contributed by atoms with E-state index in [0.717, 1.165) is 17.5 Å². The van der Waals surface area contributed by atoms with Crippen molar-refractivity contribution < 1.29 is 14.0 Å². The van der Waals surface area contributed by atoms with E-state index in [1.165, 1.54) is 12.1 Å². The van der Waals surface area contributed by atoms with Crippen LogP contribution in [0.15, 0.2) is 48.5 Å². The van der Waals surface area contributed by atoms with Gasteiger partial charge in [-0.3, -0.25) is 4.79 Å². The maximum Gasteiger partial charge on any atom is 0.315 e. The number of halogens is 2. The van der Waals surface area contributed by atoms with E-state index in [9.17, 15) is 14.0 Å². The van der Waals surface area contributed by atoms with E-state index < -0.39 is 12.1 Å². The number of rotatable bonds is 8. The van der Waals surface area contributed by atoms with Gasteiger partial charge in [0.15, 0.2) is 0 Å². The number of carbonyl (C=O) groups is 2. The standard InChI is InChI=1S/C21H25ClFN3O2/c1-3-4-19(20(27)25-14(2)16-7-9-17(22)10-8-16)26-21(28)24-13-15-5-11-18(23)12-6-15/h5-12,14,19H,3-4,13H2,1-2H3,(H,25,27)(H2,24,26,28)/t14-,19-/m0/s1. The van der Waals surface area contributed by atoms with E-state index in [4.69, 9.17) is 11.6 Å². The second kappa shape index (κ2) is 10.7. The summed E-state index contributed by atoms with van der Waals surface area (Å²) in [7, 11) is 0. The van der Waals surface area contributed by atoms with Crippen LogP contribution in [0.5, 0.6) is 0 Å². The highest BCUT2D eigenvalue weighted by molar-refractivity contribution is 6.30. The van der Waals surface area contributed by atoms with Crippen molar-refractivity contribution in [3.63, 3.8) is 0 Å². The van der Waals surface area contributed by atoms with Crippen LogP contribution in [-0.2, 0) is 11.3 Å². The molecule has 5 nitrogen and oxygen atoms in total. The molecule has 2 atom stereocenters. The van der Waals surface area contributed by atoms with Crippen molar-refractivity contribution in [2.75, 3.05) is 0 Å². The SMILES string of the molecule is CCC[C@H](NC(=O)NCc1ccc(F)cc1)C(=O)N[C@@H](C)c1ccc(Cl)cc1. The Kier molecular flexibility index (Phi) is 8.26. The summed E-state index contributed by atoms with van der Waals surface area (Å²) >= 11 is 5.89. The molecular weight excluding hydrogens is 381 g/mol. The van der Waals surface area contributed by atoms with E-state index >= 15 is 0 Å². The summed E-state index contributed by atoms with van der Waals surface area (Å²) in [6.07, 6.45) is 1.26. The first-order chi connectivity index (χ1) is 13.4. The molecule has 2 aromatic rings. The number of nitrogens with one attached hydrogen (secondary N) is 3. The predicted octanol–water partition coefficient (Wildman–Crippen LogP) is 4.32. The number of amides is 3. The van der Waals surface area contributed by atoms with Crippen LogP contribution in [0, 0.1) is 5.82 Å². The molecule has 0 spiro atoms. The van der Waals surface area contributed by atoms with E-state index in [1.807, 2.05) is 26.0 Å². The summed E-state index contributed by atoms with van der Waals surface area (Å²) < 4.78 is 12.9. The Morgan fingerprint density at radius 3 is 2.29 bits per heavy atom. The van der Waals surface area contributed by atoms with Crippen molar-refractivity contribution in [1.82, 2.24) is 16.0 Å². The highest BCUT2D eigenvalue weighted by atomic mass is 35.5. The number of urea groups is 1. The first-order valence-electron chi connectivity index (χ1n) is 9.23. The van der Waals surface area contributed by atoms with E-state index in [-0.39, 0.29) is 24.3 Å². The zero-order valence-corrected chi connectivity index (χ0v) is 16.7. The zero-order chi connectivity index (χ0) is 20.5. The summed E-state index contributed by atoms with van der Waals surface area (Å²) in [5.41, 5.74) is 1.69. The highest BCUT2D eigenvalue weighted by Gasteiger charge is 2.21. The van der Waals surface area contributed by atoms with Gasteiger partial charge in [0.2, 0.25) is 5.91 Å². The normalized spacial score (nSPS) is 12.7. The molecule has 0 aliphatic carbocycles. The van der Waals surface area contributed by atoms with E-state index in [1.54, 1.807) is 24.3 Å². The van der Waals surface area contributed by atoms with Gasteiger partial charge >= 0.3 is 6.03 Å². The van der Waals surface area contributed by atoms with Crippen LogP contribution >= 0.6 is 11.6 Å². The van der Waals surface area contributed by atoms with Gasteiger partial charge in [-0.2, -0.15) is 0 Å². The van der Waals surface area contributed by atoms with Crippen molar-refractivity contribution in [1.29, 1.82) is 0 Å². The van der Waals surface area contributed by atoms with Crippen molar-refractivity contribution >= 4 is 23.5 Å². The lowest BCUT2D eigenvalue weighted by Crippen LogP contribution is -2.50. The first-order valence-corrected chi connectivity index (χ1v) is 9.61. The van der Waals surface area contributed by atoms with Crippen LogP contribution in [-0.4, -0.2) is 18.0 Å². The summed E-state index contributed by atoms with van der Waals surface area (Å²) in [6, 6.07) is 11.8. The van der Waals surface area contributed by atoms with Gasteiger partial charge in [0.05, 0.1) is 6.04 Å². The van der Waals surface area contributed by atoms with Crippen molar-refractivity contribution in [3.05, 3.63) is 70.5 Å². The number of benzene rings is 2. The average Bonchev–Trinajstić information content (AvgIpc) is 2.67. The second-order valence-electron chi connectivity index (χ2n) is 6.58. The lowest BCUT2D eigenvalue weighted by atomic mass is 10.1. The van der Waals surface area contributed by atoms with Gasteiger partial charge in [-0.25, -0.2) is 9.18 Å². The van der Waals surface area contributed by atoms with Gasteiger partial charge in [0.25, 0.3) is 0 Å². The Hall–Kier alpha value is -2.60. The van der Waals surface area contributed by atoms with Crippen LogP contribution in [0.2, 0.25) is 5.02 Å². The first kappa shape index (κ1) is 21.7. The van der Waals surface area contributed by atoms with Crippen LogP contribution in [0.4, 0.5) is 9.18 Å². The topological polar surface area (TPSA) is 70.2 Å². The highest BCUT2D eigenvalue weighted by Crippen LogP contribution is 2.16. The Balaban J connectivity index is 1.89. The minimum absolute atomic E-state index is 0.215. The number of carbonyl (C=O) groups excluding carboxylic acids is 2. The van der Waals surface area contributed by atoms with E-state index in [2.05, 4.69) is 16.0 Å². The largest absolute Gasteiger partial charge is 0.348 e. The van der Waals surface area contributed by atoms with Gasteiger partial charge < -0.3 is 16.0 Å². The van der Waals surface area contributed by atoms with Crippen LogP contribution in [0.3, 0.4) is 0 Å². The van der Waals surface area contributed by atoms with Gasteiger partial charge in [-0.1, -0.05) is 49.2 Å². The molecule has 2 aromatic carbocycles. The third-order valence-electron chi connectivity index (χ3n) is 4.29. The Morgan fingerprint density at radius 2 is 1.68 bits per heavy atom. The van der Waals surface area contributed by atoms with Crippen LogP contribution in [0.25, 0.3) is 0 Å². The third-order valence-corrected chi connectivity index (χ3v) is 4.55. The minimum atomic E-state index is -0.645. The maximum atomic E-state index is 12.9. The van der Waals surface area contributed by atoms with Crippen LogP contribution in [0.1, 0.15) is 43.9 Å². The quantitative estimate of drug-likeness (QED) is 0.612. The van der Waals surface area contributed by atoms with Crippen molar-refractivity contribution in [2.24, 2.45) is 0 Å². The molecule has 0 aliphatic rings. The Bertz CT molecular complexity index is 781. The monoisotopic (exact) mass is 405 g/mol. The number of hydrogen-bond donors (Lipinski definition) is 3. The van der Waals surface area contributed by atoms with Gasteiger partial charge in [0.1, 0.15) is 11.9 Å². The predicted molar refractivity (Wildman–Crippen MR) is 108 cm³/mol. The molecule has 7 heteroatoms. The van der Waals surface area contributed by atoms with Crippen molar-refractivity contribution in [3.8, 4) is 0 Å². The summed E-state index contributed by atoms with van der Waals surface area (Å²) in [5, 5.41) is 8.94. The molecule has 0 aliphatic heterocycles. The fourth-order valence-electron chi connectivity index (χ4n) is 2.70. The third kappa shape index (κ3) is 6.85. The smallest absolute Gasteiger partial charge is 0.315 e. The summed E-state index contributed by atoms with van der Waals surface area (Å²) in [5.74, 6) is -0.580. The molecule has 3 N–H and O–H groups in total. The summed E-state index contributed by atoms with van der Waals surface area (Å²) in [6.45, 7) is 4.06. The maximum absolute atomic E-state index is 12.9. The molecule has 0 bridgehead atoms. The number of hydrogen-bond acceptors (Lipinski definition) is 2. The lowest BCUT2D eigenvalue weighted by molar-refractivity contribution is -0.123. The molecule has 0 aromatic heterocycles. The minimum Gasteiger partial charge on any atom is -0.348 e. The van der Waals surface area contributed by atoms with Gasteiger partial charge in [-0.15, -0.1) is 0 Å². The summed E-state index contributed by atoms with van der Waals surface area (Å²) in [4.78, 5) is 24.8. The van der Waals surface area contributed by atoms with E-state index in [0.29, 0.717) is 11.4 Å². The van der Waals surface area contributed by atoms with Gasteiger partial charge in [0, 0.05) is 11.6 Å². The average molecular weight is 406 g/mol. The molecule has 3 amide bonds. The molecule has 0 unspecified atom stereocenters. The van der Waals surface area contributed by atoms with Crippen molar-refractivity contribution in [2.45, 2.75) is 45.3 Å². The molecule has 0 heterocycles. The Morgan fingerprint density at radius 1 is 1.04 bits per heavy atom. The molecule has 28 heavy (non-hydrogen) atoms. The fourth-order valence-corrected chi connectivity index (χ4v) is 2.83.